The lowest BCUT2D eigenvalue weighted by atomic mass is 9.56. The summed E-state index contributed by atoms with van der Waals surface area (Å²) in [5.41, 5.74) is 2.90. The molecule has 27 heavy (non-hydrogen) atoms. The molecule has 4 aliphatic rings. The molecule has 5 atom stereocenters. The minimum Gasteiger partial charge on any atom is -0.497 e. The third-order valence-corrected chi connectivity index (χ3v) is 7.37. The molecule has 2 aromatic rings. The summed E-state index contributed by atoms with van der Waals surface area (Å²) < 4.78 is 10.9. The van der Waals surface area contributed by atoms with Gasteiger partial charge in [0.1, 0.15) is 11.2 Å². The Bertz CT molecular complexity index is 904. The van der Waals surface area contributed by atoms with Gasteiger partial charge in [0.2, 0.25) is 0 Å². The van der Waals surface area contributed by atoms with Crippen LogP contribution in [-0.2, 0) is 21.4 Å². The first-order chi connectivity index (χ1) is 13.1. The molecule has 4 bridgehead atoms. The maximum atomic E-state index is 13.4. The number of hydrogen-bond donors (Lipinski definition) is 1. The maximum absolute atomic E-state index is 13.4. The fourth-order valence-electron chi connectivity index (χ4n) is 6.42. The molecule has 3 fully saturated rings. The lowest BCUT2D eigenvalue weighted by Gasteiger charge is -2.57. The zero-order chi connectivity index (χ0) is 18.8. The topological polar surface area (TPSA) is 54.6 Å². The van der Waals surface area contributed by atoms with Crippen LogP contribution in [0.15, 0.2) is 18.2 Å². The van der Waals surface area contributed by atoms with Crippen molar-refractivity contribution in [1.29, 1.82) is 0 Å². The van der Waals surface area contributed by atoms with Crippen LogP contribution in [0.4, 0.5) is 0 Å². The minimum atomic E-state index is -0.575. The van der Waals surface area contributed by atoms with E-state index in [1.54, 1.807) is 14.2 Å². The zero-order valence-corrected chi connectivity index (χ0v) is 16.4. The normalized spacial score (nSPS) is 34.2. The number of esters is 1. The fraction of sp³-hybridized carbons (Fsp3) is 0.591. The number of carbonyl (C=O) groups excluding carboxylic acids is 1. The molecular weight excluding hydrogens is 340 g/mol. The van der Waals surface area contributed by atoms with Gasteiger partial charge in [-0.1, -0.05) is 13.3 Å². The number of rotatable bonds is 3. The lowest BCUT2D eigenvalue weighted by Crippen LogP contribution is -2.67. The van der Waals surface area contributed by atoms with E-state index in [4.69, 9.17) is 9.47 Å². The Labute approximate surface area is 160 Å². The molecular formula is C22H28N2O3. The van der Waals surface area contributed by atoms with Gasteiger partial charge in [0, 0.05) is 35.7 Å². The molecule has 3 unspecified atom stereocenters. The molecule has 1 N–H and O–H groups in total. The molecule has 0 amide bonds. The van der Waals surface area contributed by atoms with Crippen LogP contribution in [0.5, 0.6) is 5.75 Å². The number of carbonyl (C=O) groups is 1. The first-order valence-electron chi connectivity index (χ1n) is 10.1. The van der Waals surface area contributed by atoms with Gasteiger partial charge in [-0.15, -0.1) is 0 Å². The van der Waals surface area contributed by atoms with Crippen LogP contribution in [-0.4, -0.2) is 49.2 Å². The van der Waals surface area contributed by atoms with Gasteiger partial charge in [-0.25, -0.2) is 0 Å². The number of aromatic amines is 1. The van der Waals surface area contributed by atoms with E-state index >= 15 is 0 Å². The van der Waals surface area contributed by atoms with E-state index in [-0.39, 0.29) is 12.0 Å². The summed E-state index contributed by atoms with van der Waals surface area (Å²) in [6, 6.07) is 6.40. The van der Waals surface area contributed by atoms with E-state index < -0.39 is 5.41 Å². The van der Waals surface area contributed by atoms with Crippen molar-refractivity contribution in [2.75, 3.05) is 27.3 Å². The van der Waals surface area contributed by atoms with E-state index in [0.717, 1.165) is 49.3 Å². The number of hydrogen-bond acceptors (Lipinski definition) is 4. The van der Waals surface area contributed by atoms with Crippen molar-refractivity contribution >= 4 is 16.9 Å². The second-order valence-corrected chi connectivity index (χ2v) is 8.52. The second-order valence-electron chi connectivity index (χ2n) is 8.52. The summed E-state index contributed by atoms with van der Waals surface area (Å²) >= 11 is 0. The van der Waals surface area contributed by atoms with E-state index in [1.807, 2.05) is 6.07 Å². The lowest BCUT2D eigenvalue weighted by molar-refractivity contribution is -0.162. The third kappa shape index (κ3) is 2.18. The molecule has 5 heteroatoms. The van der Waals surface area contributed by atoms with E-state index in [0.29, 0.717) is 11.8 Å². The predicted molar refractivity (Wildman–Crippen MR) is 104 cm³/mol. The summed E-state index contributed by atoms with van der Waals surface area (Å²) in [6.45, 7) is 4.39. The van der Waals surface area contributed by atoms with Crippen molar-refractivity contribution in [3.05, 3.63) is 29.5 Å². The number of methoxy groups -OCH3 is 2. The number of benzene rings is 1. The number of H-pyrrole nitrogens is 1. The van der Waals surface area contributed by atoms with Crippen LogP contribution < -0.4 is 4.74 Å². The molecule has 0 radical (unpaired) electrons. The molecule has 2 saturated heterocycles. The van der Waals surface area contributed by atoms with Gasteiger partial charge in [-0.3, -0.25) is 9.69 Å². The Morgan fingerprint density at radius 1 is 1.37 bits per heavy atom. The Kier molecular flexibility index (Phi) is 3.80. The number of fused-ring (bicyclic) bond motifs is 4. The highest BCUT2D eigenvalue weighted by Crippen LogP contribution is 2.55. The van der Waals surface area contributed by atoms with Crippen LogP contribution in [0.3, 0.4) is 0 Å². The highest BCUT2D eigenvalue weighted by Gasteiger charge is 2.62. The van der Waals surface area contributed by atoms with Crippen LogP contribution >= 0.6 is 0 Å². The second kappa shape index (κ2) is 5.99. The number of piperidine rings is 2. The average Bonchev–Trinajstić information content (AvgIpc) is 3.04. The summed E-state index contributed by atoms with van der Waals surface area (Å²) in [5, 5.41) is 1.19. The van der Waals surface area contributed by atoms with Crippen LogP contribution in [0, 0.1) is 11.8 Å². The third-order valence-electron chi connectivity index (χ3n) is 7.37. The van der Waals surface area contributed by atoms with Gasteiger partial charge in [0.15, 0.2) is 0 Å². The molecule has 1 saturated carbocycles. The molecule has 144 valence electrons. The van der Waals surface area contributed by atoms with Crippen molar-refractivity contribution < 1.29 is 14.3 Å². The first-order valence-corrected chi connectivity index (χ1v) is 10.1. The molecule has 1 aromatic heterocycles. The van der Waals surface area contributed by atoms with E-state index in [1.165, 1.54) is 17.4 Å². The molecule has 0 spiro atoms. The maximum Gasteiger partial charge on any atom is 0.319 e. The first kappa shape index (κ1) is 17.1. The van der Waals surface area contributed by atoms with E-state index in [9.17, 15) is 4.79 Å². The average molecular weight is 368 g/mol. The van der Waals surface area contributed by atoms with Gasteiger partial charge in [0.25, 0.3) is 0 Å². The SMILES string of the molecule is CC[C@H]1CC2CN3CCc4c([nH]c5ccc(OC)cc45)[C@](C(=O)OC)(C2)C13. The number of ether oxygens (including phenoxy) is 2. The zero-order valence-electron chi connectivity index (χ0n) is 16.4. The Morgan fingerprint density at radius 3 is 2.96 bits per heavy atom. The highest BCUT2D eigenvalue weighted by molar-refractivity contribution is 5.92. The van der Waals surface area contributed by atoms with Gasteiger partial charge in [0.05, 0.1) is 14.2 Å². The summed E-state index contributed by atoms with van der Waals surface area (Å²) in [5.74, 6) is 1.90. The molecule has 6 rings (SSSR count). The quantitative estimate of drug-likeness (QED) is 0.845. The molecule has 1 aliphatic carbocycles. The monoisotopic (exact) mass is 368 g/mol. The van der Waals surface area contributed by atoms with Crippen LogP contribution in [0.2, 0.25) is 0 Å². The summed E-state index contributed by atoms with van der Waals surface area (Å²) in [7, 11) is 3.24. The molecule has 1 aromatic carbocycles. The molecule has 3 aliphatic heterocycles. The van der Waals surface area contributed by atoms with Crippen LogP contribution in [0.25, 0.3) is 10.9 Å². The van der Waals surface area contributed by atoms with Crippen molar-refractivity contribution in [1.82, 2.24) is 9.88 Å². The van der Waals surface area contributed by atoms with Gasteiger partial charge >= 0.3 is 5.97 Å². The van der Waals surface area contributed by atoms with Crippen molar-refractivity contribution in [3.63, 3.8) is 0 Å². The summed E-state index contributed by atoms with van der Waals surface area (Å²) in [4.78, 5) is 19.6. The van der Waals surface area contributed by atoms with Crippen LogP contribution in [0.1, 0.15) is 37.4 Å². The standard InChI is InChI=1S/C22H28N2O3/c1-4-14-9-13-11-22(21(25)27-3)19-16(7-8-24(12-13)20(14)22)17-10-15(26-2)5-6-18(17)23-19/h5-6,10,13-14,20,23H,4,7-9,11-12H2,1-3H3/t13?,14-,20?,22+/m0/s1. The Hall–Kier alpha value is -2.01. The smallest absolute Gasteiger partial charge is 0.319 e. The largest absolute Gasteiger partial charge is 0.497 e. The van der Waals surface area contributed by atoms with Crippen molar-refractivity contribution in [2.24, 2.45) is 11.8 Å². The Balaban J connectivity index is 1.79. The van der Waals surface area contributed by atoms with Crippen molar-refractivity contribution in [3.8, 4) is 5.75 Å². The Morgan fingerprint density at radius 2 is 2.22 bits per heavy atom. The summed E-state index contributed by atoms with van der Waals surface area (Å²) in [6.07, 6.45) is 4.20. The minimum absolute atomic E-state index is 0.0676. The van der Waals surface area contributed by atoms with Crippen molar-refractivity contribution in [2.45, 2.75) is 44.1 Å². The molecule has 5 nitrogen and oxygen atoms in total. The number of nitrogens with one attached hydrogen (secondary N) is 1. The fourth-order valence-corrected chi connectivity index (χ4v) is 6.42. The molecule has 4 heterocycles. The van der Waals surface area contributed by atoms with Gasteiger partial charge in [-0.05, 0) is 54.9 Å². The number of nitrogens with zero attached hydrogens (tertiary/aromatic N) is 1. The van der Waals surface area contributed by atoms with Gasteiger partial charge < -0.3 is 14.5 Å². The van der Waals surface area contributed by atoms with Gasteiger partial charge in [-0.2, -0.15) is 0 Å². The predicted octanol–water partition coefficient (Wildman–Crippen LogP) is 3.26. The highest BCUT2D eigenvalue weighted by atomic mass is 16.5. The number of aromatic nitrogens is 1. The van der Waals surface area contributed by atoms with E-state index in [2.05, 4.69) is 28.9 Å².